The van der Waals surface area contributed by atoms with Crippen molar-refractivity contribution in [3.63, 3.8) is 0 Å². The molecule has 5 heteroatoms. The first-order chi connectivity index (χ1) is 10.3. The molecular weight excluding hydrogens is 278 g/mol. The molecule has 1 aromatic heterocycles. The fourth-order valence-electron chi connectivity index (χ4n) is 3.68. The lowest BCUT2D eigenvalue weighted by atomic mass is 9.74. The standard InChI is InChI=1S/C17H29N3O2/c1-11(2)14-7-6-12(3)8-15(14)18-9-13-10-19(4)17(22)20(5)16(13)21/h10-12,14-15,18H,6-9H2,1-5H3. The molecule has 1 heterocycles. The lowest BCUT2D eigenvalue weighted by Crippen LogP contribution is -2.45. The van der Waals surface area contributed by atoms with Crippen molar-refractivity contribution in [2.75, 3.05) is 0 Å². The van der Waals surface area contributed by atoms with Crippen molar-refractivity contribution in [2.24, 2.45) is 31.8 Å². The molecule has 22 heavy (non-hydrogen) atoms. The van der Waals surface area contributed by atoms with Crippen molar-refractivity contribution in [3.8, 4) is 0 Å². The maximum absolute atomic E-state index is 12.2. The molecule has 0 bridgehead atoms. The van der Waals surface area contributed by atoms with Gasteiger partial charge in [-0.3, -0.25) is 9.36 Å². The predicted octanol–water partition coefficient (Wildman–Crippen LogP) is 1.63. The zero-order valence-corrected chi connectivity index (χ0v) is 14.4. The highest BCUT2D eigenvalue weighted by atomic mass is 16.2. The van der Waals surface area contributed by atoms with E-state index in [4.69, 9.17) is 0 Å². The summed E-state index contributed by atoms with van der Waals surface area (Å²) >= 11 is 0. The van der Waals surface area contributed by atoms with E-state index in [1.165, 1.54) is 29.0 Å². The maximum atomic E-state index is 12.2. The third kappa shape index (κ3) is 3.51. The molecule has 1 N–H and O–H groups in total. The summed E-state index contributed by atoms with van der Waals surface area (Å²) in [6, 6.07) is 0.450. The van der Waals surface area contributed by atoms with Crippen molar-refractivity contribution in [3.05, 3.63) is 32.6 Å². The van der Waals surface area contributed by atoms with Gasteiger partial charge in [0.25, 0.3) is 5.56 Å². The third-order valence-electron chi connectivity index (χ3n) is 5.09. The summed E-state index contributed by atoms with van der Waals surface area (Å²) in [6.07, 6.45) is 5.37. The molecular formula is C17H29N3O2. The van der Waals surface area contributed by atoms with E-state index in [1.807, 2.05) is 0 Å². The van der Waals surface area contributed by atoms with E-state index in [0.717, 1.165) is 12.3 Å². The van der Waals surface area contributed by atoms with Gasteiger partial charge in [0.05, 0.1) is 0 Å². The summed E-state index contributed by atoms with van der Waals surface area (Å²) in [7, 11) is 3.22. The Morgan fingerprint density at radius 2 is 1.95 bits per heavy atom. The summed E-state index contributed by atoms with van der Waals surface area (Å²) in [4.78, 5) is 23.9. The SMILES string of the molecule is CC1CCC(C(C)C)C(NCc2cn(C)c(=O)n(C)c2=O)C1. The van der Waals surface area contributed by atoms with Crippen LogP contribution in [0.5, 0.6) is 0 Å². The van der Waals surface area contributed by atoms with Crippen LogP contribution in [-0.2, 0) is 20.6 Å². The van der Waals surface area contributed by atoms with E-state index in [-0.39, 0.29) is 11.2 Å². The Hall–Kier alpha value is -1.36. The molecule has 0 radical (unpaired) electrons. The number of hydrogen-bond donors (Lipinski definition) is 1. The monoisotopic (exact) mass is 307 g/mol. The Labute approximate surface area is 132 Å². The minimum Gasteiger partial charge on any atom is -0.309 e. The first-order valence-electron chi connectivity index (χ1n) is 8.30. The van der Waals surface area contributed by atoms with Crippen LogP contribution in [0.25, 0.3) is 0 Å². The van der Waals surface area contributed by atoms with E-state index >= 15 is 0 Å². The fourth-order valence-corrected chi connectivity index (χ4v) is 3.68. The fraction of sp³-hybridized carbons (Fsp3) is 0.765. The smallest absolute Gasteiger partial charge is 0.309 e. The van der Waals surface area contributed by atoms with E-state index in [0.29, 0.717) is 30.0 Å². The van der Waals surface area contributed by atoms with E-state index in [2.05, 4.69) is 26.1 Å². The lowest BCUT2D eigenvalue weighted by Gasteiger charge is -2.38. The highest BCUT2D eigenvalue weighted by Crippen LogP contribution is 2.33. The van der Waals surface area contributed by atoms with Gasteiger partial charge in [0.2, 0.25) is 0 Å². The Bertz CT molecular complexity index is 630. The summed E-state index contributed by atoms with van der Waals surface area (Å²) < 4.78 is 2.66. The van der Waals surface area contributed by atoms with Crippen LogP contribution >= 0.6 is 0 Å². The van der Waals surface area contributed by atoms with Crippen LogP contribution in [-0.4, -0.2) is 15.2 Å². The molecule has 1 aliphatic rings. The van der Waals surface area contributed by atoms with Gasteiger partial charge in [-0.1, -0.05) is 27.2 Å². The second-order valence-electron chi connectivity index (χ2n) is 7.23. The Morgan fingerprint density at radius 3 is 2.59 bits per heavy atom. The first-order valence-corrected chi connectivity index (χ1v) is 8.30. The van der Waals surface area contributed by atoms with Crippen molar-refractivity contribution in [1.82, 2.24) is 14.5 Å². The van der Waals surface area contributed by atoms with E-state index in [1.54, 1.807) is 13.2 Å². The molecule has 0 spiro atoms. The van der Waals surface area contributed by atoms with Crippen molar-refractivity contribution < 1.29 is 0 Å². The second-order valence-corrected chi connectivity index (χ2v) is 7.23. The van der Waals surface area contributed by atoms with Gasteiger partial charge in [-0.15, -0.1) is 0 Å². The van der Waals surface area contributed by atoms with Gasteiger partial charge in [0.15, 0.2) is 0 Å². The van der Waals surface area contributed by atoms with Crippen molar-refractivity contribution in [1.29, 1.82) is 0 Å². The van der Waals surface area contributed by atoms with Gasteiger partial charge >= 0.3 is 5.69 Å². The maximum Gasteiger partial charge on any atom is 0.330 e. The van der Waals surface area contributed by atoms with Crippen molar-refractivity contribution >= 4 is 0 Å². The third-order valence-corrected chi connectivity index (χ3v) is 5.09. The molecule has 3 unspecified atom stereocenters. The Morgan fingerprint density at radius 1 is 1.27 bits per heavy atom. The van der Waals surface area contributed by atoms with Gasteiger partial charge in [-0.05, 0) is 30.6 Å². The van der Waals surface area contributed by atoms with Gasteiger partial charge in [-0.2, -0.15) is 0 Å². The molecule has 0 saturated heterocycles. The highest BCUT2D eigenvalue weighted by molar-refractivity contribution is 5.05. The van der Waals surface area contributed by atoms with Crippen LogP contribution in [0.3, 0.4) is 0 Å². The van der Waals surface area contributed by atoms with Gasteiger partial charge < -0.3 is 9.88 Å². The number of hydrogen-bond acceptors (Lipinski definition) is 3. The molecule has 0 aliphatic heterocycles. The zero-order valence-electron chi connectivity index (χ0n) is 14.4. The van der Waals surface area contributed by atoms with Crippen LogP contribution in [0.15, 0.2) is 15.8 Å². The first kappa shape index (κ1) is 17.0. The molecule has 0 amide bonds. The quantitative estimate of drug-likeness (QED) is 0.920. The summed E-state index contributed by atoms with van der Waals surface area (Å²) in [5, 5.41) is 3.59. The Balaban J connectivity index is 2.15. The number of rotatable bonds is 4. The molecule has 1 aromatic rings. The van der Waals surface area contributed by atoms with Crippen LogP contribution < -0.4 is 16.6 Å². The molecule has 1 fully saturated rings. The topological polar surface area (TPSA) is 56.0 Å². The molecule has 1 aliphatic carbocycles. The number of aryl methyl sites for hydroxylation is 1. The molecule has 124 valence electrons. The number of nitrogens with zero attached hydrogens (tertiary/aromatic N) is 2. The van der Waals surface area contributed by atoms with Crippen LogP contribution in [0.4, 0.5) is 0 Å². The van der Waals surface area contributed by atoms with E-state index < -0.39 is 0 Å². The second kappa shape index (κ2) is 6.82. The molecule has 2 rings (SSSR count). The summed E-state index contributed by atoms with van der Waals surface area (Å²) in [5.41, 5.74) is 0.186. The molecule has 3 atom stereocenters. The van der Waals surface area contributed by atoms with Gasteiger partial charge in [0, 0.05) is 38.4 Å². The minimum atomic E-state index is -0.278. The average molecular weight is 307 g/mol. The minimum absolute atomic E-state index is 0.194. The average Bonchev–Trinajstić information content (AvgIpc) is 2.47. The van der Waals surface area contributed by atoms with Gasteiger partial charge in [0.1, 0.15) is 0 Å². The molecule has 1 saturated carbocycles. The molecule has 0 aromatic carbocycles. The van der Waals surface area contributed by atoms with Gasteiger partial charge in [-0.25, -0.2) is 4.79 Å². The summed E-state index contributed by atoms with van der Waals surface area (Å²) in [6.45, 7) is 7.39. The zero-order chi connectivity index (χ0) is 16.4. The number of aromatic nitrogens is 2. The largest absolute Gasteiger partial charge is 0.330 e. The lowest BCUT2D eigenvalue weighted by molar-refractivity contribution is 0.169. The number of nitrogens with one attached hydrogen (secondary N) is 1. The normalized spacial score (nSPS) is 25.6. The Kier molecular flexibility index (Phi) is 5.27. The predicted molar refractivity (Wildman–Crippen MR) is 88.9 cm³/mol. The van der Waals surface area contributed by atoms with E-state index in [9.17, 15) is 9.59 Å². The van der Waals surface area contributed by atoms with Crippen LogP contribution in [0.2, 0.25) is 0 Å². The van der Waals surface area contributed by atoms with Crippen LogP contribution in [0.1, 0.15) is 45.6 Å². The highest BCUT2D eigenvalue weighted by Gasteiger charge is 2.30. The molecule has 5 nitrogen and oxygen atoms in total. The van der Waals surface area contributed by atoms with Crippen molar-refractivity contribution in [2.45, 2.75) is 52.6 Å². The summed E-state index contributed by atoms with van der Waals surface area (Å²) in [5.74, 6) is 2.04. The van der Waals surface area contributed by atoms with Crippen LogP contribution in [0, 0.1) is 17.8 Å².